The van der Waals surface area contributed by atoms with Crippen LogP contribution in [0.2, 0.25) is 0 Å². The third-order valence-electron chi connectivity index (χ3n) is 7.01. The second-order valence-electron chi connectivity index (χ2n) is 9.20. The van der Waals surface area contributed by atoms with Crippen LogP contribution in [0.25, 0.3) is 10.9 Å². The predicted molar refractivity (Wildman–Crippen MR) is 123 cm³/mol. The summed E-state index contributed by atoms with van der Waals surface area (Å²) in [6, 6.07) is 6.92. The van der Waals surface area contributed by atoms with E-state index in [1.165, 1.54) is 35.7 Å². The van der Waals surface area contributed by atoms with Crippen LogP contribution in [0.1, 0.15) is 54.6 Å². The van der Waals surface area contributed by atoms with Crippen molar-refractivity contribution in [3.63, 3.8) is 0 Å². The summed E-state index contributed by atoms with van der Waals surface area (Å²) in [5, 5.41) is 12.7. The predicted octanol–water partition coefficient (Wildman–Crippen LogP) is 3.12. The Kier molecular flexibility index (Phi) is 5.87. The lowest BCUT2D eigenvalue weighted by Crippen LogP contribution is -2.33. The summed E-state index contributed by atoms with van der Waals surface area (Å²) in [6.45, 7) is 2.70. The number of carbonyl (C=O) groups excluding carboxylic acids is 1. The second kappa shape index (κ2) is 8.94. The zero-order valence-electron chi connectivity index (χ0n) is 19.0. The van der Waals surface area contributed by atoms with Crippen molar-refractivity contribution in [2.24, 2.45) is 7.05 Å². The average molecular weight is 437 g/mol. The van der Waals surface area contributed by atoms with E-state index in [1.807, 2.05) is 10.7 Å². The van der Waals surface area contributed by atoms with Crippen LogP contribution in [0.15, 0.2) is 30.6 Å². The molecule has 2 aliphatic rings. The molecule has 1 aromatic carbocycles. The Morgan fingerprint density at radius 3 is 2.84 bits per heavy atom. The van der Waals surface area contributed by atoms with Gasteiger partial charge in [-0.2, -0.15) is 0 Å². The van der Waals surface area contributed by atoms with Crippen LogP contribution in [-0.2, 0) is 20.1 Å². The maximum absolute atomic E-state index is 12.5. The van der Waals surface area contributed by atoms with Gasteiger partial charge in [0.15, 0.2) is 5.69 Å². The lowest BCUT2D eigenvalue weighted by molar-refractivity contribution is 0.0932. The summed E-state index contributed by atoms with van der Waals surface area (Å²) < 4.78 is 9.46. The molecule has 1 saturated heterocycles. The molecule has 1 N–H and O–H groups in total. The van der Waals surface area contributed by atoms with Crippen LogP contribution in [0, 0.1) is 0 Å². The average Bonchev–Trinajstić information content (AvgIpc) is 3.59. The van der Waals surface area contributed by atoms with Crippen molar-refractivity contribution in [3.05, 3.63) is 41.9 Å². The van der Waals surface area contributed by atoms with Crippen LogP contribution < -0.4 is 10.1 Å². The molecule has 3 aromatic rings. The van der Waals surface area contributed by atoms with Gasteiger partial charge in [0.05, 0.1) is 19.9 Å². The van der Waals surface area contributed by atoms with E-state index in [4.69, 9.17) is 4.74 Å². The summed E-state index contributed by atoms with van der Waals surface area (Å²) >= 11 is 0. The molecule has 0 radical (unpaired) electrons. The van der Waals surface area contributed by atoms with E-state index in [9.17, 15) is 4.79 Å². The normalized spacial score (nSPS) is 19.8. The van der Waals surface area contributed by atoms with Crippen LogP contribution in [0.5, 0.6) is 5.75 Å². The first kappa shape index (κ1) is 21.0. The van der Waals surface area contributed by atoms with Crippen LogP contribution >= 0.6 is 0 Å². The van der Waals surface area contributed by atoms with Gasteiger partial charge in [0.2, 0.25) is 0 Å². The van der Waals surface area contributed by atoms with Crippen molar-refractivity contribution in [1.29, 1.82) is 0 Å². The maximum Gasteiger partial charge on any atom is 0.273 e. The minimum absolute atomic E-state index is 0.101. The number of fused-ring (bicyclic) bond motifs is 1. The van der Waals surface area contributed by atoms with Gasteiger partial charge in [-0.3, -0.25) is 14.4 Å². The standard InChI is InChI=1S/C24H32N6O2/c1-28-13-17(21-12-20(32-2)9-10-23(21)28)14-29-11-5-8-19(29)15-30-16-22(26-27-30)24(31)25-18-6-3-4-7-18/h9-10,12-13,16,18-19H,3-8,11,14-15H2,1-2H3,(H,25,31)/t19-/m0/s1. The molecule has 2 fully saturated rings. The molecule has 8 heteroatoms. The molecule has 170 valence electrons. The third kappa shape index (κ3) is 4.24. The number of aryl methyl sites for hydroxylation is 1. The number of benzene rings is 1. The number of amides is 1. The van der Waals surface area contributed by atoms with Crippen molar-refractivity contribution in [2.75, 3.05) is 13.7 Å². The molecule has 1 aliphatic carbocycles. The van der Waals surface area contributed by atoms with E-state index in [0.717, 1.165) is 44.6 Å². The molecule has 1 amide bonds. The van der Waals surface area contributed by atoms with Gasteiger partial charge in [0.1, 0.15) is 5.75 Å². The number of hydrogen-bond acceptors (Lipinski definition) is 5. The summed E-state index contributed by atoms with van der Waals surface area (Å²) in [7, 11) is 3.80. The monoisotopic (exact) mass is 436 g/mol. The van der Waals surface area contributed by atoms with Crippen molar-refractivity contribution >= 4 is 16.8 Å². The molecule has 1 aliphatic heterocycles. The number of nitrogens with zero attached hydrogens (tertiary/aromatic N) is 5. The smallest absolute Gasteiger partial charge is 0.273 e. The summed E-state index contributed by atoms with van der Waals surface area (Å²) in [5.41, 5.74) is 2.94. The number of rotatable bonds is 7. The summed E-state index contributed by atoms with van der Waals surface area (Å²) in [4.78, 5) is 15.0. The van der Waals surface area contributed by atoms with Crippen molar-refractivity contribution in [2.45, 2.75) is 63.7 Å². The highest BCUT2D eigenvalue weighted by atomic mass is 16.5. The molecule has 1 saturated carbocycles. The number of nitrogens with one attached hydrogen (secondary N) is 1. The lowest BCUT2D eigenvalue weighted by atomic mass is 10.1. The molecule has 2 aromatic heterocycles. The van der Waals surface area contributed by atoms with Gasteiger partial charge >= 0.3 is 0 Å². The Labute approximate surface area is 188 Å². The van der Waals surface area contributed by atoms with E-state index in [-0.39, 0.29) is 11.9 Å². The first-order valence-corrected chi connectivity index (χ1v) is 11.7. The minimum Gasteiger partial charge on any atom is -0.497 e. The van der Waals surface area contributed by atoms with Gasteiger partial charge in [0, 0.05) is 42.8 Å². The molecule has 0 spiro atoms. The van der Waals surface area contributed by atoms with Gasteiger partial charge in [-0.1, -0.05) is 18.1 Å². The van der Waals surface area contributed by atoms with E-state index in [2.05, 4.69) is 50.5 Å². The topological polar surface area (TPSA) is 77.2 Å². The van der Waals surface area contributed by atoms with E-state index in [0.29, 0.717) is 11.7 Å². The number of aromatic nitrogens is 4. The van der Waals surface area contributed by atoms with Crippen LogP contribution in [0.4, 0.5) is 0 Å². The lowest BCUT2D eigenvalue weighted by Gasteiger charge is -2.24. The number of carbonyl (C=O) groups is 1. The molecule has 0 bridgehead atoms. The highest BCUT2D eigenvalue weighted by Crippen LogP contribution is 2.29. The van der Waals surface area contributed by atoms with Crippen molar-refractivity contribution < 1.29 is 9.53 Å². The van der Waals surface area contributed by atoms with Crippen molar-refractivity contribution in [1.82, 2.24) is 29.8 Å². The molecule has 32 heavy (non-hydrogen) atoms. The maximum atomic E-state index is 12.5. The quantitative estimate of drug-likeness (QED) is 0.616. The van der Waals surface area contributed by atoms with Gasteiger partial charge in [-0.15, -0.1) is 5.10 Å². The number of ether oxygens (including phenoxy) is 1. The Balaban J connectivity index is 1.26. The number of hydrogen-bond donors (Lipinski definition) is 1. The Morgan fingerprint density at radius 2 is 2.03 bits per heavy atom. The molecule has 3 heterocycles. The third-order valence-corrected chi connectivity index (χ3v) is 7.01. The van der Waals surface area contributed by atoms with E-state index >= 15 is 0 Å². The highest BCUT2D eigenvalue weighted by Gasteiger charge is 2.27. The second-order valence-corrected chi connectivity index (χ2v) is 9.20. The van der Waals surface area contributed by atoms with E-state index < -0.39 is 0 Å². The fourth-order valence-electron chi connectivity index (χ4n) is 5.27. The summed E-state index contributed by atoms with van der Waals surface area (Å²) in [5.74, 6) is 0.782. The Morgan fingerprint density at radius 1 is 1.19 bits per heavy atom. The molecule has 0 unspecified atom stereocenters. The van der Waals surface area contributed by atoms with Crippen molar-refractivity contribution in [3.8, 4) is 5.75 Å². The Hall–Kier alpha value is -2.87. The SMILES string of the molecule is COc1ccc2c(c1)c(CN1CCC[C@H]1Cn1cc(C(=O)NC3CCCC3)nn1)cn2C. The summed E-state index contributed by atoms with van der Waals surface area (Å²) in [6.07, 6.45) is 10.8. The Bertz CT molecular complexity index is 1100. The fraction of sp³-hybridized carbons (Fsp3) is 0.542. The number of methoxy groups -OCH3 is 1. The number of likely N-dealkylation sites (tertiary alicyclic amines) is 1. The van der Waals surface area contributed by atoms with Gasteiger partial charge < -0.3 is 14.6 Å². The molecule has 5 rings (SSSR count). The van der Waals surface area contributed by atoms with E-state index in [1.54, 1.807) is 13.3 Å². The minimum atomic E-state index is -0.101. The van der Waals surface area contributed by atoms with Gasteiger partial charge in [-0.05, 0) is 56.0 Å². The molecule has 8 nitrogen and oxygen atoms in total. The molecular weight excluding hydrogens is 404 g/mol. The molecular formula is C24H32N6O2. The first-order chi connectivity index (χ1) is 15.6. The molecule has 1 atom stereocenters. The largest absolute Gasteiger partial charge is 0.497 e. The van der Waals surface area contributed by atoms with Gasteiger partial charge in [0.25, 0.3) is 5.91 Å². The highest BCUT2D eigenvalue weighted by molar-refractivity contribution is 5.92. The zero-order chi connectivity index (χ0) is 22.1. The van der Waals surface area contributed by atoms with Crippen LogP contribution in [-0.4, -0.2) is 56.1 Å². The first-order valence-electron chi connectivity index (χ1n) is 11.7. The van der Waals surface area contributed by atoms with Crippen LogP contribution in [0.3, 0.4) is 0 Å². The van der Waals surface area contributed by atoms with Gasteiger partial charge in [-0.25, -0.2) is 0 Å². The fourth-order valence-corrected chi connectivity index (χ4v) is 5.27. The zero-order valence-corrected chi connectivity index (χ0v) is 19.0.